The maximum Gasteiger partial charge on any atom is 0.230 e. The Hall–Kier alpha value is -2.17. The molecule has 1 saturated heterocycles. The lowest BCUT2D eigenvalue weighted by molar-refractivity contribution is -0.134. The van der Waals surface area contributed by atoms with E-state index in [9.17, 15) is 4.79 Å². The summed E-state index contributed by atoms with van der Waals surface area (Å²) in [6, 6.07) is 20.7. The number of amides is 1. The molecule has 1 aliphatic rings. The molecule has 0 radical (unpaired) electrons. The molecule has 1 aliphatic heterocycles. The van der Waals surface area contributed by atoms with Crippen molar-refractivity contribution < 1.29 is 4.79 Å². The number of nitrogens with zero attached hydrogens (tertiary/aromatic N) is 1. The van der Waals surface area contributed by atoms with Crippen LogP contribution in [-0.2, 0) is 11.2 Å². The lowest BCUT2D eigenvalue weighted by Crippen LogP contribution is -2.43. The number of piperidine rings is 1. The number of nitrogens with one attached hydrogen (secondary N) is 2. The molecule has 2 N–H and O–H groups in total. The van der Waals surface area contributed by atoms with E-state index in [-0.39, 0.29) is 11.8 Å². The van der Waals surface area contributed by atoms with Crippen molar-refractivity contribution in [2.45, 2.75) is 44.9 Å². The monoisotopic (exact) mass is 421 g/mol. The van der Waals surface area contributed by atoms with Crippen LogP contribution in [0.3, 0.4) is 0 Å². The van der Waals surface area contributed by atoms with Gasteiger partial charge < -0.3 is 15.5 Å². The van der Waals surface area contributed by atoms with Crippen LogP contribution in [0.25, 0.3) is 0 Å². The first-order chi connectivity index (χ1) is 15.3. The van der Waals surface area contributed by atoms with Gasteiger partial charge in [-0.3, -0.25) is 4.79 Å². The smallest absolute Gasteiger partial charge is 0.230 e. The molecular weight excluding hydrogens is 382 g/mol. The molecule has 4 heteroatoms. The van der Waals surface area contributed by atoms with Crippen LogP contribution in [0.4, 0.5) is 0 Å². The van der Waals surface area contributed by atoms with Gasteiger partial charge in [0.05, 0.1) is 5.92 Å². The normalized spacial score (nSPS) is 15.7. The van der Waals surface area contributed by atoms with Crippen molar-refractivity contribution in [1.29, 1.82) is 0 Å². The summed E-state index contributed by atoms with van der Waals surface area (Å²) in [6.45, 7) is 8.26. The van der Waals surface area contributed by atoms with Gasteiger partial charge in [-0.25, -0.2) is 0 Å². The van der Waals surface area contributed by atoms with E-state index in [2.05, 4.69) is 58.9 Å². The Morgan fingerprint density at radius 1 is 0.935 bits per heavy atom. The summed E-state index contributed by atoms with van der Waals surface area (Å²) in [5.41, 5.74) is 2.34. The van der Waals surface area contributed by atoms with E-state index < -0.39 is 0 Å². The maximum atomic E-state index is 13.5. The van der Waals surface area contributed by atoms with Gasteiger partial charge in [-0.05, 0) is 75.3 Å². The predicted molar refractivity (Wildman–Crippen MR) is 129 cm³/mol. The highest BCUT2D eigenvalue weighted by Gasteiger charge is 2.29. The van der Waals surface area contributed by atoms with Crippen molar-refractivity contribution in [3.8, 4) is 0 Å². The van der Waals surface area contributed by atoms with Crippen molar-refractivity contribution >= 4 is 5.91 Å². The zero-order valence-electron chi connectivity index (χ0n) is 19.1. The summed E-state index contributed by atoms with van der Waals surface area (Å²) < 4.78 is 0. The molecule has 0 bridgehead atoms. The minimum Gasteiger partial charge on any atom is -0.342 e. The zero-order valence-corrected chi connectivity index (χ0v) is 19.1. The predicted octanol–water partition coefficient (Wildman–Crippen LogP) is 4.23. The van der Waals surface area contributed by atoms with Crippen molar-refractivity contribution in [2.75, 3.05) is 39.3 Å². The van der Waals surface area contributed by atoms with E-state index in [4.69, 9.17) is 0 Å². The summed E-state index contributed by atoms with van der Waals surface area (Å²) in [7, 11) is 0. The average molecular weight is 422 g/mol. The Morgan fingerprint density at radius 3 is 2.19 bits per heavy atom. The van der Waals surface area contributed by atoms with Crippen molar-refractivity contribution in [3.05, 3.63) is 71.8 Å². The first kappa shape index (κ1) is 23.5. The molecule has 2 aromatic rings. The highest BCUT2D eigenvalue weighted by Crippen LogP contribution is 2.26. The first-order valence-corrected chi connectivity index (χ1v) is 12.1. The summed E-state index contributed by atoms with van der Waals surface area (Å²) in [6.07, 6.45) is 5.42. The Balaban J connectivity index is 1.48. The highest BCUT2D eigenvalue weighted by molar-refractivity contribution is 5.84. The largest absolute Gasteiger partial charge is 0.342 e. The molecule has 168 valence electrons. The fourth-order valence-electron chi connectivity index (χ4n) is 4.44. The van der Waals surface area contributed by atoms with Gasteiger partial charge >= 0.3 is 0 Å². The number of carbonyl (C=O) groups excluding carboxylic acids is 1. The Morgan fingerprint density at radius 2 is 1.55 bits per heavy atom. The van der Waals surface area contributed by atoms with Gasteiger partial charge in [0.2, 0.25) is 5.91 Å². The number of benzene rings is 2. The summed E-state index contributed by atoms with van der Waals surface area (Å²) >= 11 is 0. The van der Waals surface area contributed by atoms with Crippen LogP contribution >= 0.6 is 0 Å². The topological polar surface area (TPSA) is 44.4 Å². The van der Waals surface area contributed by atoms with E-state index in [0.29, 0.717) is 5.92 Å². The Labute approximate surface area is 188 Å². The van der Waals surface area contributed by atoms with Crippen LogP contribution in [0.15, 0.2) is 60.7 Å². The molecule has 1 unspecified atom stereocenters. The van der Waals surface area contributed by atoms with Crippen LogP contribution in [0.2, 0.25) is 0 Å². The molecule has 1 atom stereocenters. The molecule has 1 fully saturated rings. The summed E-state index contributed by atoms with van der Waals surface area (Å²) in [4.78, 5) is 15.6. The fraction of sp³-hybridized carbons (Fsp3) is 0.519. The molecular formula is C27H39N3O. The lowest BCUT2D eigenvalue weighted by atomic mass is 9.89. The second-order valence-electron chi connectivity index (χ2n) is 8.69. The van der Waals surface area contributed by atoms with E-state index in [0.717, 1.165) is 64.1 Å². The zero-order chi connectivity index (χ0) is 21.7. The maximum absolute atomic E-state index is 13.5. The van der Waals surface area contributed by atoms with Crippen LogP contribution in [0.5, 0.6) is 0 Å². The molecule has 2 aromatic carbocycles. The average Bonchev–Trinajstić information content (AvgIpc) is 2.83. The number of likely N-dealkylation sites (tertiary alicyclic amines) is 1. The first-order valence-electron chi connectivity index (χ1n) is 12.1. The molecule has 31 heavy (non-hydrogen) atoms. The van der Waals surface area contributed by atoms with E-state index >= 15 is 0 Å². The number of rotatable bonds is 12. The quantitative estimate of drug-likeness (QED) is 0.504. The third-order valence-electron chi connectivity index (χ3n) is 6.35. The molecule has 1 amide bonds. The van der Waals surface area contributed by atoms with Crippen LogP contribution < -0.4 is 10.6 Å². The second-order valence-corrected chi connectivity index (χ2v) is 8.69. The van der Waals surface area contributed by atoms with Gasteiger partial charge in [0.1, 0.15) is 0 Å². The molecule has 0 aromatic heterocycles. The van der Waals surface area contributed by atoms with Gasteiger partial charge in [0.15, 0.2) is 0 Å². The Kier molecular flexibility index (Phi) is 10.1. The highest BCUT2D eigenvalue weighted by atomic mass is 16.2. The van der Waals surface area contributed by atoms with Gasteiger partial charge in [0.25, 0.3) is 0 Å². The van der Waals surface area contributed by atoms with Crippen LogP contribution in [-0.4, -0.2) is 50.1 Å². The third-order valence-corrected chi connectivity index (χ3v) is 6.35. The molecule has 3 rings (SSSR count). The van der Waals surface area contributed by atoms with E-state index in [1.807, 2.05) is 24.3 Å². The molecule has 4 nitrogen and oxygen atoms in total. The van der Waals surface area contributed by atoms with Gasteiger partial charge in [-0.1, -0.05) is 67.6 Å². The second kappa shape index (κ2) is 13.3. The van der Waals surface area contributed by atoms with Crippen molar-refractivity contribution in [1.82, 2.24) is 15.5 Å². The van der Waals surface area contributed by atoms with Gasteiger partial charge in [-0.15, -0.1) is 0 Å². The Bertz CT molecular complexity index is 742. The fourth-order valence-corrected chi connectivity index (χ4v) is 4.44. The van der Waals surface area contributed by atoms with Crippen LogP contribution in [0.1, 0.15) is 49.7 Å². The van der Waals surface area contributed by atoms with Gasteiger partial charge in [0, 0.05) is 13.1 Å². The molecule has 0 saturated carbocycles. The molecule has 0 spiro atoms. The van der Waals surface area contributed by atoms with E-state index in [1.54, 1.807) is 0 Å². The number of hydrogen-bond acceptors (Lipinski definition) is 3. The standard InChI is InChI=1S/C27H39N3O/c1-2-28-17-9-10-18-29-22-24-15-19-30(20-16-24)27(31)26(25-13-7-4-8-14-25)21-23-11-5-3-6-12-23/h3-8,11-14,24,26,28-29H,2,9-10,15-22H2,1H3. The third kappa shape index (κ3) is 7.79. The van der Waals surface area contributed by atoms with E-state index in [1.165, 1.54) is 18.4 Å². The van der Waals surface area contributed by atoms with Crippen LogP contribution in [0, 0.1) is 5.92 Å². The summed E-state index contributed by atoms with van der Waals surface area (Å²) in [5.74, 6) is 0.863. The SMILES string of the molecule is CCNCCCCNCC1CCN(C(=O)C(Cc2ccccc2)c2ccccc2)CC1. The lowest BCUT2D eigenvalue weighted by Gasteiger charge is -2.34. The molecule has 1 heterocycles. The minimum absolute atomic E-state index is 0.102. The number of hydrogen-bond donors (Lipinski definition) is 2. The minimum atomic E-state index is -0.102. The summed E-state index contributed by atoms with van der Waals surface area (Å²) in [5, 5.41) is 7.00. The number of carbonyl (C=O) groups is 1. The van der Waals surface area contributed by atoms with Crippen molar-refractivity contribution in [3.63, 3.8) is 0 Å². The molecule has 0 aliphatic carbocycles. The van der Waals surface area contributed by atoms with Gasteiger partial charge in [-0.2, -0.15) is 0 Å². The van der Waals surface area contributed by atoms with Crippen molar-refractivity contribution in [2.24, 2.45) is 5.92 Å². The number of unbranched alkanes of at least 4 members (excludes halogenated alkanes) is 1.